The van der Waals surface area contributed by atoms with E-state index in [1.165, 1.54) is 0 Å². The largest absolute Gasteiger partial charge is 0.495 e. The van der Waals surface area contributed by atoms with Crippen molar-refractivity contribution in [3.8, 4) is 5.75 Å². The third-order valence-corrected chi connectivity index (χ3v) is 3.59. The molecule has 0 aliphatic carbocycles. The Kier molecular flexibility index (Phi) is 4.69. The lowest BCUT2D eigenvalue weighted by molar-refractivity contribution is 0.256. The van der Waals surface area contributed by atoms with E-state index < -0.39 is 0 Å². The predicted molar refractivity (Wildman–Crippen MR) is 75.7 cm³/mol. The third-order valence-electron chi connectivity index (χ3n) is 3.18. The van der Waals surface area contributed by atoms with Gasteiger partial charge in [0, 0.05) is 37.3 Å². The molecule has 2 N–H and O–H groups in total. The molecule has 1 fully saturated rings. The number of nitrogens with zero attached hydrogens (tertiary/aromatic N) is 1. The number of piperazine rings is 1. The van der Waals surface area contributed by atoms with Gasteiger partial charge in [0.25, 0.3) is 0 Å². The summed E-state index contributed by atoms with van der Waals surface area (Å²) in [5.41, 5.74) is 2.05. The lowest BCUT2D eigenvalue weighted by atomic mass is 10.2. The first-order chi connectivity index (χ1) is 8.70. The number of ether oxygens (including phenoxy) is 1. The molecule has 1 aromatic rings. The zero-order chi connectivity index (χ0) is 13.0. The Morgan fingerprint density at radius 1 is 1.39 bits per heavy atom. The maximum absolute atomic E-state index is 6.09. The Morgan fingerprint density at radius 3 is 2.78 bits per heavy atom. The Morgan fingerprint density at radius 2 is 2.11 bits per heavy atom. The summed E-state index contributed by atoms with van der Waals surface area (Å²) in [6.07, 6.45) is 0. The van der Waals surface area contributed by atoms with Crippen LogP contribution < -0.4 is 15.4 Å². The highest BCUT2D eigenvalue weighted by atomic mass is 35.5. The summed E-state index contributed by atoms with van der Waals surface area (Å²) in [5, 5.41) is 7.49. The summed E-state index contributed by atoms with van der Waals surface area (Å²) < 4.78 is 5.34. The number of hydrogen-bond donors (Lipinski definition) is 2. The summed E-state index contributed by atoms with van der Waals surface area (Å²) in [7, 11) is 1.66. The van der Waals surface area contributed by atoms with Crippen molar-refractivity contribution >= 4 is 17.3 Å². The molecule has 5 heteroatoms. The lowest BCUT2D eigenvalue weighted by Crippen LogP contribution is -2.45. The molecule has 18 heavy (non-hydrogen) atoms. The second kappa shape index (κ2) is 6.27. The zero-order valence-electron chi connectivity index (χ0n) is 10.9. The molecule has 100 valence electrons. The highest BCUT2D eigenvalue weighted by Crippen LogP contribution is 2.30. The molecular weight excluding hydrogens is 250 g/mol. The van der Waals surface area contributed by atoms with Crippen molar-refractivity contribution in [2.45, 2.75) is 6.92 Å². The van der Waals surface area contributed by atoms with Gasteiger partial charge in [-0.2, -0.15) is 0 Å². The monoisotopic (exact) mass is 269 g/mol. The van der Waals surface area contributed by atoms with Crippen molar-refractivity contribution in [1.29, 1.82) is 0 Å². The van der Waals surface area contributed by atoms with Crippen LogP contribution >= 0.6 is 11.6 Å². The minimum absolute atomic E-state index is 0.736. The molecule has 1 heterocycles. The summed E-state index contributed by atoms with van der Waals surface area (Å²) in [6, 6.07) is 3.89. The van der Waals surface area contributed by atoms with Crippen LogP contribution in [0.4, 0.5) is 5.69 Å². The van der Waals surface area contributed by atoms with E-state index in [1.54, 1.807) is 7.11 Å². The molecule has 0 aromatic heterocycles. The van der Waals surface area contributed by atoms with Crippen LogP contribution in [0.25, 0.3) is 0 Å². The van der Waals surface area contributed by atoms with Gasteiger partial charge in [0.2, 0.25) is 0 Å². The SMILES string of the molecule is COc1cc(Cl)c(C)cc1NCN1CCNCC1. The molecule has 1 aliphatic rings. The fraction of sp³-hybridized carbons (Fsp3) is 0.538. The van der Waals surface area contributed by atoms with Crippen LogP contribution in [-0.2, 0) is 0 Å². The van der Waals surface area contributed by atoms with Gasteiger partial charge < -0.3 is 15.4 Å². The second-order valence-electron chi connectivity index (χ2n) is 4.50. The Balaban J connectivity index is 2.01. The first kappa shape index (κ1) is 13.5. The molecular formula is C13H20ClN3O. The smallest absolute Gasteiger partial charge is 0.143 e. The van der Waals surface area contributed by atoms with Crippen molar-refractivity contribution in [2.24, 2.45) is 0 Å². The minimum atomic E-state index is 0.736. The van der Waals surface area contributed by atoms with Gasteiger partial charge in [-0.1, -0.05) is 11.6 Å². The lowest BCUT2D eigenvalue weighted by Gasteiger charge is -2.28. The Hall–Kier alpha value is -0.970. The van der Waals surface area contributed by atoms with Gasteiger partial charge >= 0.3 is 0 Å². The van der Waals surface area contributed by atoms with Crippen LogP contribution in [0.15, 0.2) is 12.1 Å². The number of halogens is 1. The fourth-order valence-corrected chi connectivity index (χ4v) is 2.19. The van der Waals surface area contributed by atoms with Gasteiger partial charge in [0.1, 0.15) is 5.75 Å². The van der Waals surface area contributed by atoms with E-state index in [0.29, 0.717) is 0 Å². The summed E-state index contributed by atoms with van der Waals surface area (Å²) in [4.78, 5) is 2.37. The first-order valence-electron chi connectivity index (χ1n) is 6.22. The van der Waals surface area contributed by atoms with E-state index in [-0.39, 0.29) is 0 Å². The van der Waals surface area contributed by atoms with Crippen LogP contribution in [0.2, 0.25) is 5.02 Å². The van der Waals surface area contributed by atoms with Gasteiger partial charge in [-0.15, -0.1) is 0 Å². The van der Waals surface area contributed by atoms with E-state index in [1.807, 2.05) is 19.1 Å². The van der Waals surface area contributed by atoms with E-state index in [2.05, 4.69) is 15.5 Å². The Labute approximate surface area is 113 Å². The molecule has 0 spiro atoms. The molecule has 0 amide bonds. The number of aryl methyl sites for hydroxylation is 1. The molecule has 0 bridgehead atoms. The van der Waals surface area contributed by atoms with Gasteiger partial charge in [-0.3, -0.25) is 4.90 Å². The van der Waals surface area contributed by atoms with Gasteiger partial charge in [0.15, 0.2) is 0 Å². The predicted octanol–water partition coefficient (Wildman–Crippen LogP) is 1.93. The van der Waals surface area contributed by atoms with Gasteiger partial charge in [0.05, 0.1) is 19.5 Å². The van der Waals surface area contributed by atoms with Crippen molar-refractivity contribution < 1.29 is 4.74 Å². The van der Waals surface area contributed by atoms with Gasteiger partial charge in [-0.25, -0.2) is 0 Å². The van der Waals surface area contributed by atoms with Crippen molar-refractivity contribution in [3.05, 3.63) is 22.7 Å². The van der Waals surface area contributed by atoms with E-state index >= 15 is 0 Å². The van der Waals surface area contributed by atoms with Crippen LogP contribution in [-0.4, -0.2) is 44.9 Å². The number of methoxy groups -OCH3 is 1. The van der Waals surface area contributed by atoms with Gasteiger partial charge in [-0.05, 0) is 18.6 Å². The molecule has 0 unspecified atom stereocenters. The first-order valence-corrected chi connectivity index (χ1v) is 6.59. The summed E-state index contributed by atoms with van der Waals surface area (Å²) in [5.74, 6) is 0.792. The minimum Gasteiger partial charge on any atom is -0.495 e. The zero-order valence-corrected chi connectivity index (χ0v) is 11.7. The summed E-state index contributed by atoms with van der Waals surface area (Å²) >= 11 is 6.09. The van der Waals surface area contributed by atoms with Crippen molar-refractivity contribution in [3.63, 3.8) is 0 Å². The number of rotatable bonds is 4. The topological polar surface area (TPSA) is 36.5 Å². The number of benzene rings is 1. The molecule has 1 aliphatic heterocycles. The van der Waals surface area contributed by atoms with Crippen LogP contribution in [0.1, 0.15) is 5.56 Å². The quantitative estimate of drug-likeness (QED) is 0.876. The number of anilines is 1. The van der Waals surface area contributed by atoms with E-state index in [9.17, 15) is 0 Å². The highest BCUT2D eigenvalue weighted by molar-refractivity contribution is 6.31. The van der Waals surface area contributed by atoms with Crippen molar-refractivity contribution in [1.82, 2.24) is 10.2 Å². The van der Waals surface area contributed by atoms with Crippen molar-refractivity contribution in [2.75, 3.05) is 45.3 Å². The summed E-state index contributed by atoms with van der Waals surface area (Å²) in [6.45, 7) is 7.08. The highest BCUT2D eigenvalue weighted by Gasteiger charge is 2.11. The van der Waals surface area contributed by atoms with Crippen LogP contribution in [0.3, 0.4) is 0 Å². The molecule has 0 radical (unpaired) electrons. The second-order valence-corrected chi connectivity index (χ2v) is 4.91. The normalized spacial score (nSPS) is 16.6. The average Bonchev–Trinajstić information content (AvgIpc) is 2.41. The standard InChI is InChI=1S/C13H20ClN3O/c1-10-7-12(13(18-2)8-11(10)14)16-9-17-5-3-15-4-6-17/h7-8,15-16H,3-6,9H2,1-2H3. The Bertz CT molecular complexity index is 405. The molecule has 1 aromatic carbocycles. The molecule has 2 rings (SSSR count). The number of hydrogen-bond acceptors (Lipinski definition) is 4. The molecule has 0 atom stereocenters. The molecule has 0 saturated carbocycles. The maximum Gasteiger partial charge on any atom is 0.143 e. The van der Waals surface area contributed by atoms with E-state index in [0.717, 1.165) is 54.9 Å². The third kappa shape index (κ3) is 3.28. The maximum atomic E-state index is 6.09. The fourth-order valence-electron chi connectivity index (χ4n) is 2.04. The molecule has 4 nitrogen and oxygen atoms in total. The van der Waals surface area contributed by atoms with Crippen LogP contribution in [0, 0.1) is 6.92 Å². The van der Waals surface area contributed by atoms with Crippen LogP contribution in [0.5, 0.6) is 5.75 Å². The average molecular weight is 270 g/mol. The van der Waals surface area contributed by atoms with E-state index in [4.69, 9.17) is 16.3 Å². The molecule has 1 saturated heterocycles. The number of nitrogens with one attached hydrogen (secondary N) is 2.